The van der Waals surface area contributed by atoms with Crippen molar-refractivity contribution >= 4 is 57.4 Å². The van der Waals surface area contributed by atoms with E-state index in [4.69, 9.17) is 0 Å². The number of nitrogens with one attached hydrogen (secondary N) is 2. The Hall–Kier alpha value is -4.84. The minimum atomic E-state index is 0.939. The summed E-state index contributed by atoms with van der Waals surface area (Å²) in [5, 5.41) is 0. The number of fused-ring (bicyclic) bond motifs is 9. The third kappa shape index (κ3) is 4.38. The van der Waals surface area contributed by atoms with Crippen LogP contribution < -0.4 is 0 Å². The van der Waals surface area contributed by atoms with Crippen LogP contribution in [0.3, 0.4) is 0 Å². The summed E-state index contributed by atoms with van der Waals surface area (Å²) in [7, 11) is 0. The lowest BCUT2D eigenvalue weighted by Gasteiger charge is -1.90. The van der Waals surface area contributed by atoms with Crippen LogP contribution in [0.1, 0.15) is 22.8 Å². The van der Waals surface area contributed by atoms with Gasteiger partial charge in [-0.2, -0.15) is 0 Å². The SMILES string of the molecule is C1=Cc2cc3ccc(cc4nc(cc5ccc(cc1n2)[nH]5)C=C4)[nH]3.c1ccc2nccnc2c1. The lowest BCUT2D eigenvalue weighted by Crippen LogP contribution is -1.78. The monoisotopic (exact) mass is 440 g/mol. The summed E-state index contributed by atoms with van der Waals surface area (Å²) in [5.41, 5.74) is 9.76. The van der Waals surface area contributed by atoms with Crippen molar-refractivity contribution in [3.05, 3.63) is 108 Å². The second kappa shape index (κ2) is 8.60. The highest BCUT2D eigenvalue weighted by atomic mass is 14.8. The molecule has 0 fully saturated rings. The van der Waals surface area contributed by atoms with Crippen molar-refractivity contribution in [2.45, 2.75) is 0 Å². The largest absolute Gasteiger partial charge is 0.355 e. The van der Waals surface area contributed by atoms with Crippen LogP contribution in [0.25, 0.3) is 57.4 Å². The molecule has 5 aromatic rings. The van der Waals surface area contributed by atoms with Crippen LogP contribution in [0.15, 0.2) is 85.2 Å². The Morgan fingerprint density at radius 2 is 0.794 bits per heavy atom. The van der Waals surface area contributed by atoms with Gasteiger partial charge in [0.05, 0.1) is 33.8 Å². The zero-order valence-corrected chi connectivity index (χ0v) is 18.2. The van der Waals surface area contributed by atoms with E-state index in [0.717, 1.165) is 55.9 Å². The molecule has 0 atom stereocenters. The number of H-pyrrole nitrogens is 2. The second-order valence-electron chi connectivity index (χ2n) is 7.95. The number of aromatic amines is 2. The van der Waals surface area contributed by atoms with Crippen LogP contribution in [0.2, 0.25) is 0 Å². The van der Waals surface area contributed by atoms with Crippen molar-refractivity contribution in [3.8, 4) is 0 Å². The van der Waals surface area contributed by atoms with E-state index in [9.17, 15) is 0 Å². The van der Waals surface area contributed by atoms with Gasteiger partial charge in [0, 0.05) is 34.5 Å². The van der Waals surface area contributed by atoms with Gasteiger partial charge in [0.15, 0.2) is 0 Å². The molecule has 1 aromatic carbocycles. The number of hydrogen-bond acceptors (Lipinski definition) is 4. The van der Waals surface area contributed by atoms with E-state index in [1.54, 1.807) is 12.4 Å². The van der Waals surface area contributed by atoms with Crippen molar-refractivity contribution in [1.82, 2.24) is 29.9 Å². The van der Waals surface area contributed by atoms with Crippen LogP contribution in [0.5, 0.6) is 0 Å². The molecule has 6 nitrogen and oxygen atoms in total. The molecule has 4 aromatic heterocycles. The Bertz CT molecular complexity index is 1480. The lowest BCUT2D eigenvalue weighted by molar-refractivity contribution is 1.29. The van der Waals surface area contributed by atoms with Crippen molar-refractivity contribution < 1.29 is 0 Å². The normalized spacial score (nSPS) is 11.9. The van der Waals surface area contributed by atoms with Crippen LogP contribution >= 0.6 is 0 Å². The third-order valence-electron chi connectivity index (χ3n) is 5.42. The minimum absolute atomic E-state index is 0.939. The maximum absolute atomic E-state index is 4.63. The molecule has 0 amide bonds. The second-order valence-corrected chi connectivity index (χ2v) is 7.95. The quantitative estimate of drug-likeness (QED) is 0.290. The van der Waals surface area contributed by atoms with Gasteiger partial charge in [-0.1, -0.05) is 12.1 Å². The molecular formula is C28H20N6. The van der Waals surface area contributed by atoms with E-state index >= 15 is 0 Å². The number of para-hydroxylation sites is 2. The molecule has 0 radical (unpaired) electrons. The van der Waals surface area contributed by atoms with E-state index < -0.39 is 0 Å². The van der Waals surface area contributed by atoms with E-state index in [2.05, 4.69) is 54.2 Å². The van der Waals surface area contributed by atoms with Gasteiger partial charge in [0.25, 0.3) is 0 Å². The van der Waals surface area contributed by atoms with E-state index in [0.29, 0.717) is 0 Å². The Balaban J connectivity index is 0.000000182. The Morgan fingerprint density at radius 1 is 0.441 bits per heavy atom. The molecular weight excluding hydrogens is 420 g/mol. The zero-order valence-electron chi connectivity index (χ0n) is 18.2. The van der Waals surface area contributed by atoms with Crippen LogP contribution in [0, 0.1) is 0 Å². The smallest absolute Gasteiger partial charge is 0.0886 e. The highest BCUT2D eigenvalue weighted by molar-refractivity contribution is 5.77. The molecule has 7 rings (SSSR count). The number of rotatable bonds is 0. The van der Waals surface area contributed by atoms with Gasteiger partial charge in [0.2, 0.25) is 0 Å². The molecule has 8 bridgehead atoms. The van der Waals surface area contributed by atoms with Crippen molar-refractivity contribution in [3.63, 3.8) is 0 Å². The molecule has 34 heavy (non-hydrogen) atoms. The predicted molar refractivity (Wildman–Crippen MR) is 138 cm³/mol. The molecule has 0 saturated heterocycles. The average Bonchev–Trinajstić information content (AvgIpc) is 3.66. The fourth-order valence-electron chi connectivity index (χ4n) is 3.85. The summed E-state index contributed by atoms with van der Waals surface area (Å²) in [4.78, 5) is 24.3. The molecule has 2 aliphatic rings. The summed E-state index contributed by atoms with van der Waals surface area (Å²) in [5.74, 6) is 0. The Labute approximate surface area is 195 Å². The first kappa shape index (κ1) is 19.8. The highest BCUT2D eigenvalue weighted by Crippen LogP contribution is 2.17. The van der Waals surface area contributed by atoms with Crippen molar-refractivity contribution in [1.29, 1.82) is 0 Å². The maximum atomic E-state index is 4.63. The summed E-state index contributed by atoms with van der Waals surface area (Å²) in [6.45, 7) is 0. The molecule has 0 aliphatic carbocycles. The van der Waals surface area contributed by atoms with Crippen molar-refractivity contribution in [2.75, 3.05) is 0 Å². The number of benzene rings is 1. The minimum Gasteiger partial charge on any atom is -0.355 e. The summed E-state index contributed by atoms with van der Waals surface area (Å²) in [6, 6.07) is 24.2. The van der Waals surface area contributed by atoms with Gasteiger partial charge < -0.3 is 9.97 Å². The van der Waals surface area contributed by atoms with Gasteiger partial charge in [-0.15, -0.1) is 0 Å². The van der Waals surface area contributed by atoms with E-state index in [1.807, 2.05) is 72.8 Å². The summed E-state index contributed by atoms with van der Waals surface area (Å²) in [6.07, 6.45) is 11.5. The summed E-state index contributed by atoms with van der Waals surface area (Å²) >= 11 is 0. The average molecular weight is 441 g/mol. The molecule has 0 spiro atoms. The van der Waals surface area contributed by atoms with Gasteiger partial charge in [-0.25, -0.2) is 9.97 Å². The third-order valence-corrected chi connectivity index (χ3v) is 5.42. The molecule has 6 heterocycles. The van der Waals surface area contributed by atoms with Gasteiger partial charge >= 0.3 is 0 Å². The Kier molecular flexibility index (Phi) is 5.01. The molecule has 2 N–H and O–H groups in total. The van der Waals surface area contributed by atoms with Crippen LogP contribution in [-0.4, -0.2) is 29.9 Å². The van der Waals surface area contributed by atoms with E-state index in [-0.39, 0.29) is 0 Å². The predicted octanol–water partition coefficient (Wildman–Crippen LogP) is 6.29. The van der Waals surface area contributed by atoms with Gasteiger partial charge in [0.1, 0.15) is 0 Å². The van der Waals surface area contributed by atoms with Crippen LogP contribution in [-0.2, 0) is 0 Å². The van der Waals surface area contributed by atoms with Gasteiger partial charge in [-0.3, -0.25) is 9.97 Å². The fourth-order valence-corrected chi connectivity index (χ4v) is 3.85. The zero-order chi connectivity index (χ0) is 22.7. The van der Waals surface area contributed by atoms with Gasteiger partial charge in [-0.05, 0) is 85.0 Å². The molecule has 162 valence electrons. The first-order valence-corrected chi connectivity index (χ1v) is 11.0. The molecule has 6 heteroatoms. The molecule has 0 saturated carbocycles. The standard InChI is InChI=1S/C20H14N4.C8H6N2/c1-2-14-10-16-5-6-18(23-16)12-20-8-7-19(24-20)11-17-4-3-15(22-17)9-13(1)21-14;1-2-4-8-7(3-1)9-5-6-10-8/h1-12,21,24H;1-6H. The first-order valence-electron chi connectivity index (χ1n) is 11.0. The highest BCUT2D eigenvalue weighted by Gasteiger charge is 2.01. The maximum Gasteiger partial charge on any atom is 0.0886 e. The van der Waals surface area contributed by atoms with E-state index in [1.165, 1.54) is 0 Å². The number of aromatic nitrogens is 6. The fraction of sp³-hybridized carbons (Fsp3) is 0. The first-order chi connectivity index (χ1) is 16.8. The Morgan fingerprint density at radius 3 is 1.15 bits per heavy atom. The summed E-state index contributed by atoms with van der Waals surface area (Å²) < 4.78 is 0. The molecule has 2 aliphatic heterocycles. The number of hydrogen-bond donors (Lipinski definition) is 2. The lowest BCUT2D eigenvalue weighted by atomic mass is 10.3. The molecule has 0 unspecified atom stereocenters. The van der Waals surface area contributed by atoms with Crippen molar-refractivity contribution in [2.24, 2.45) is 0 Å². The number of nitrogens with zero attached hydrogens (tertiary/aromatic N) is 4. The topological polar surface area (TPSA) is 83.1 Å². The van der Waals surface area contributed by atoms with Crippen LogP contribution in [0.4, 0.5) is 0 Å².